The number of anilines is 1. The van der Waals surface area contributed by atoms with Crippen LogP contribution in [0.25, 0.3) is 0 Å². The lowest BCUT2D eigenvalue weighted by Gasteiger charge is -2.47. The SMILES string of the molecule is CCc1ccc(Cc2ccc(N)cc2[C@@]2(O)O[C@H]([C@@H](C)O)[C@@H](O)[C@H](O)[C@H]2O)cc1. The number of hydrogen-bond acceptors (Lipinski definition) is 7. The standard InChI is InChI=1S/C22H29NO6/c1-3-13-4-6-14(7-5-13)10-15-8-9-16(23)11-17(15)22(28)21(27)19(26)18(25)20(29-22)12(2)24/h4-9,11-12,18-21,24-28H,3,10,23H2,1-2H3/t12-,18+,19+,20-,21-,22-/m1/s1. The van der Waals surface area contributed by atoms with E-state index in [1.54, 1.807) is 12.1 Å². The van der Waals surface area contributed by atoms with E-state index < -0.39 is 36.3 Å². The zero-order valence-corrected chi connectivity index (χ0v) is 16.6. The summed E-state index contributed by atoms with van der Waals surface area (Å²) in [6.45, 7) is 3.44. The Morgan fingerprint density at radius 2 is 1.66 bits per heavy atom. The normalized spacial score (nSPS) is 30.9. The molecule has 2 aromatic carbocycles. The van der Waals surface area contributed by atoms with Crippen molar-refractivity contribution in [1.29, 1.82) is 0 Å². The van der Waals surface area contributed by atoms with Crippen molar-refractivity contribution in [3.8, 4) is 0 Å². The maximum Gasteiger partial charge on any atom is 0.222 e. The molecule has 2 aromatic rings. The third-order valence-corrected chi connectivity index (χ3v) is 5.55. The predicted molar refractivity (Wildman–Crippen MR) is 108 cm³/mol. The lowest BCUT2D eigenvalue weighted by molar-refractivity contribution is -0.364. The van der Waals surface area contributed by atoms with Gasteiger partial charge in [-0.05, 0) is 48.6 Å². The van der Waals surface area contributed by atoms with Crippen LogP contribution in [0.2, 0.25) is 0 Å². The van der Waals surface area contributed by atoms with E-state index in [9.17, 15) is 25.5 Å². The summed E-state index contributed by atoms with van der Waals surface area (Å²) in [5.74, 6) is -2.35. The molecule has 0 unspecified atom stereocenters. The molecule has 29 heavy (non-hydrogen) atoms. The molecule has 1 saturated heterocycles. The molecule has 0 amide bonds. The van der Waals surface area contributed by atoms with Crippen LogP contribution in [0.5, 0.6) is 0 Å². The average Bonchev–Trinajstić information content (AvgIpc) is 2.71. The van der Waals surface area contributed by atoms with Gasteiger partial charge in [-0.25, -0.2) is 0 Å². The van der Waals surface area contributed by atoms with E-state index >= 15 is 0 Å². The van der Waals surface area contributed by atoms with E-state index in [-0.39, 0.29) is 5.56 Å². The number of aliphatic hydroxyl groups excluding tert-OH is 4. The van der Waals surface area contributed by atoms with Crippen molar-refractivity contribution in [2.75, 3.05) is 5.73 Å². The maximum absolute atomic E-state index is 11.3. The highest BCUT2D eigenvalue weighted by Gasteiger charge is 2.55. The zero-order chi connectivity index (χ0) is 21.3. The monoisotopic (exact) mass is 403 g/mol. The Morgan fingerprint density at radius 3 is 2.24 bits per heavy atom. The Bertz CT molecular complexity index is 840. The van der Waals surface area contributed by atoms with Crippen LogP contribution in [0, 0.1) is 0 Å². The third-order valence-electron chi connectivity index (χ3n) is 5.55. The number of nitrogen functional groups attached to an aromatic ring is 1. The molecule has 0 bridgehead atoms. The van der Waals surface area contributed by atoms with Crippen molar-refractivity contribution in [3.63, 3.8) is 0 Å². The van der Waals surface area contributed by atoms with Crippen LogP contribution in [-0.2, 0) is 23.4 Å². The van der Waals surface area contributed by atoms with Crippen molar-refractivity contribution < 1.29 is 30.3 Å². The predicted octanol–water partition coefficient (Wildman–Crippen LogP) is 0.429. The fourth-order valence-electron chi connectivity index (χ4n) is 3.76. The van der Waals surface area contributed by atoms with Crippen molar-refractivity contribution in [2.24, 2.45) is 0 Å². The molecule has 7 N–H and O–H groups in total. The molecular formula is C22H29NO6. The van der Waals surface area contributed by atoms with Crippen LogP contribution < -0.4 is 5.73 Å². The van der Waals surface area contributed by atoms with Gasteiger partial charge in [0.1, 0.15) is 24.4 Å². The molecule has 1 fully saturated rings. The van der Waals surface area contributed by atoms with Crippen LogP contribution in [0.15, 0.2) is 42.5 Å². The van der Waals surface area contributed by atoms with E-state index in [0.717, 1.165) is 12.0 Å². The van der Waals surface area contributed by atoms with Gasteiger partial charge in [0, 0.05) is 11.3 Å². The summed E-state index contributed by atoms with van der Waals surface area (Å²) in [5, 5.41) is 52.2. The molecule has 0 spiro atoms. The lowest BCUT2D eigenvalue weighted by atomic mass is 9.83. The van der Waals surface area contributed by atoms with E-state index in [1.807, 2.05) is 24.3 Å². The second kappa shape index (κ2) is 8.39. The minimum absolute atomic E-state index is 0.182. The summed E-state index contributed by atoms with van der Waals surface area (Å²) in [5.41, 5.74) is 9.25. The van der Waals surface area contributed by atoms with Crippen molar-refractivity contribution >= 4 is 5.69 Å². The molecule has 0 saturated carbocycles. The van der Waals surface area contributed by atoms with Gasteiger partial charge in [0.15, 0.2) is 0 Å². The second-order valence-corrected chi connectivity index (χ2v) is 7.71. The molecule has 1 aliphatic rings. The van der Waals surface area contributed by atoms with Gasteiger partial charge < -0.3 is 36.0 Å². The Morgan fingerprint density at radius 1 is 1.03 bits per heavy atom. The zero-order valence-electron chi connectivity index (χ0n) is 16.6. The number of benzene rings is 2. The van der Waals surface area contributed by atoms with Crippen LogP contribution in [0.3, 0.4) is 0 Å². The van der Waals surface area contributed by atoms with Gasteiger partial charge in [-0.15, -0.1) is 0 Å². The maximum atomic E-state index is 11.3. The fraction of sp³-hybridized carbons (Fsp3) is 0.455. The molecule has 6 atom stereocenters. The van der Waals surface area contributed by atoms with Gasteiger partial charge in [0.2, 0.25) is 5.79 Å². The first-order valence-electron chi connectivity index (χ1n) is 9.76. The molecule has 7 heteroatoms. The second-order valence-electron chi connectivity index (χ2n) is 7.71. The van der Waals surface area contributed by atoms with Gasteiger partial charge in [-0.2, -0.15) is 0 Å². The van der Waals surface area contributed by atoms with Crippen LogP contribution >= 0.6 is 0 Å². The first-order chi connectivity index (χ1) is 13.7. The summed E-state index contributed by atoms with van der Waals surface area (Å²) in [6.07, 6.45) is -6.25. The third kappa shape index (κ3) is 4.16. The highest BCUT2D eigenvalue weighted by molar-refractivity contribution is 5.48. The molecule has 0 aliphatic carbocycles. The Kier molecular flexibility index (Phi) is 6.28. The van der Waals surface area contributed by atoms with E-state index in [1.165, 1.54) is 18.6 Å². The van der Waals surface area contributed by atoms with Crippen molar-refractivity contribution in [3.05, 3.63) is 64.7 Å². The number of hydrogen-bond donors (Lipinski definition) is 6. The Balaban J connectivity index is 2.02. The molecule has 0 radical (unpaired) electrons. The smallest absolute Gasteiger partial charge is 0.222 e. The van der Waals surface area contributed by atoms with Crippen LogP contribution in [0.1, 0.15) is 36.1 Å². The number of nitrogens with two attached hydrogens (primary N) is 1. The van der Waals surface area contributed by atoms with Crippen LogP contribution in [-0.4, -0.2) is 56.1 Å². The Labute approximate surface area is 170 Å². The molecule has 1 aliphatic heterocycles. The quantitative estimate of drug-likeness (QED) is 0.398. The number of aliphatic hydroxyl groups is 5. The first kappa shape index (κ1) is 21.7. The first-order valence-corrected chi connectivity index (χ1v) is 9.76. The van der Waals surface area contributed by atoms with E-state index in [4.69, 9.17) is 10.5 Å². The number of aryl methyl sites for hydroxylation is 1. The molecule has 0 aromatic heterocycles. The average molecular weight is 403 g/mol. The summed E-state index contributed by atoms with van der Waals surface area (Å²) in [6, 6.07) is 12.9. The fourth-order valence-corrected chi connectivity index (χ4v) is 3.76. The minimum Gasteiger partial charge on any atom is -0.399 e. The summed E-state index contributed by atoms with van der Waals surface area (Å²) in [7, 11) is 0. The largest absolute Gasteiger partial charge is 0.399 e. The number of ether oxygens (including phenoxy) is 1. The van der Waals surface area contributed by atoms with E-state index in [2.05, 4.69) is 6.92 Å². The number of rotatable bonds is 5. The van der Waals surface area contributed by atoms with Gasteiger partial charge in [0.05, 0.1) is 6.10 Å². The highest BCUT2D eigenvalue weighted by Crippen LogP contribution is 2.40. The summed E-state index contributed by atoms with van der Waals surface area (Å²) >= 11 is 0. The van der Waals surface area contributed by atoms with Gasteiger partial charge >= 0.3 is 0 Å². The molecule has 7 nitrogen and oxygen atoms in total. The van der Waals surface area contributed by atoms with Crippen LogP contribution in [0.4, 0.5) is 5.69 Å². The lowest BCUT2D eigenvalue weighted by Crippen LogP contribution is -2.65. The minimum atomic E-state index is -2.35. The van der Waals surface area contributed by atoms with E-state index in [0.29, 0.717) is 17.7 Å². The molecular weight excluding hydrogens is 374 g/mol. The highest BCUT2D eigenvalue weighted by atomic mass is 16.7. The molecule has 1 heterocycles. The molecule has 158 valence electrons. The van der Waals surface area contributed by atoms with Gasteiger partial charge in [0.25, 0.3) is 0 Å². The summed E-state index contributed by atoms with van der Waals surface area (Å²) in [4.78, 5) is 0. The van der Waals surface area contributed by atoms with Crippen molar-refractivity contribution in [2.45, 2.75) is 63.0 Å². The molecule has 3 rings (SSSR count). The van der Waals surface area contributed by atoms with Gasteiger partial charge in [-0.1, -0.05) is 37.3 Å². The van der Waals surface area contributed by atoms with Gasteiger partial charge in [-0.3, -0.25) is 0 Å². The Hall–Kier alpha value is -2.00. The van der Waals surface area contributed by atoms with Crippen molar-refractivity contribution in [1.82, 2.24) is 0 Å². The summed E-state index contributed by atoms with van der Waals surface area (Å²) < 4.78 is 5.58. The topological polar surface area (TPSA) is 136 Å².